The second kappa shape index (κ2) is 5.47. The largest absolute Gasteiger partial charge is 0.371 e. The first-order chi connectivity index (χ1) is 7.92. The van der Waals surface area contributed by atoms with E-state index in [-0.39, 0.29) is 0 Å². The van der Waals surface area contributed by atoms with Crippen LogP contribution in [0.2, 0.25) is 0 Å². The lowest BCUT2D eigenvalue weighted by atomic mass is 10.1. The van der Waals surface area contributed by atoms with E-state index in [9.17, 15) is 4.79 Å². The number of nitrogens with zero attached hydrogens (tertiary/aromatic N) is 2. The van der Waals surface area contributed by atoms with Gasteiger partial charge in [-0.2, -0.15) is 0 Å². The number of rotatable bonds is 4. The number of hydrogen-bond donors (Lipinski definition) is 0. The maximum absolute atomic E-state index is 10.0. The van der Waals surface area contributed by atoms with Crippen LogP contribution < -0.4 is 4.90 Å². The molecule has 3 nitrogen and oxygen atoms in total. The molecule has 0 radical (unpaired) electrons. The summed E-state index contributed by atoms with van der Waals surface area (Å²) in [6.07, 6.45) is 4.97. The van der Waals surface area contributed by atoms with Gasteiger partial charge in [0.2, 0.25) is 6.08 Å². The van der Waals surface area contributed by atoms with Crippen molar-refractivity contribution in [3.05, 3.63) is 29.8 Å². The summed E-state index contributed by atoms with van der Waals surface area (Å²) in [6.45, 7) is 2.83. The SMILES string of the molecule is O=C=NCCc1ccccc1N1CCCC1. The fraction of sp³-hybridized carbons (Fsp3) is 0.462. The minimum Gasteiger partial charge on any atom is -0.371 e. The average molecular weight is 216 g/mol. The number of hydrogen-bond acceptors (Lipinski definition) is 3. The summed E-state index contributed by atoms with van der Waals surface area (Å²) in [5, 5.41) is 0. The van der Waals surface area contributed by atoms with E-state index in [0.717, 1.165) is 19.5 Å². The molecule has 1 heterocycles. The molecule has 1 aromatic carbocycles. The fourth-order valence-electron chi connectivity index (χ4n) is 2.21. The van der Waals surface area contributed by atoms with Crippen LogP contribution in [0.15, 0.2) is 29.3 Å². The molecule has 1 aliphatic rings. The Bertz CT molecular complexity index is 391. The van der Waals surface area contributed by atoms with Crippen molar-refractivity contribution in [3.8, 4) is 0 Å². The Hall–Kier alpha value is -1.60. The van der Waals surface area contributed by atoms with E-state index in [1.54, 1.807) is 6.08 Å². The number of benzene rings is 1. The number of para-hydroxylation sites is 1. The van der Waals surface area contributed by atoms with Gasteiger partial charge >= 0.3 is 0 Å². The Balaban J connectivity index is 2.12. The molecule has 0 aliphatic carbocycles. The lowest BCUT2D eigenvalue weighted by molar-refractivity contribution is 0.563. The Morgan fingerprint density at radius 3 is 2.75 bits per heavy atom. The van der Waals surface area contributed by atoms with E-state index in [0.29, 0.717) is 6.54 Å². The van der Waals surface area contributed by atoms with Crippen LogP contribution in [-0.4, -0.2) is 25.7 Å². The number of anilines is 1. The van der Waals surface area contributed by atoms with Gasteiger partial charge in [-0.05, 0) is 30.9 Å². The first kappa shape index (κ1) is 10.9. The first-order valence-corrected chi connectivity index (χ1v) is 5.78. The van der Waals surface area contributed by atoms with Crippen molar-refractivity contribution in [2.45, 2.75) is 19.3 Å². The number of isocyanates is 1. The van der Waals surface area contributed by atoms with E-state index in [1.165, 1.54) is 24.1 Å². The quantitative estimate of drug-likeness (QED) is 0.570. The summed E-state index contributed by atoms with van der Waals surface area (Å²) in [6, 6.07) is 8.39. The fourth-order valence-corrected chi connectivity index (χ4v) is 2.21. The molecule has 84 valence electrons. The summed E-state index contributed by atoms with van der Waals surface area (Å²) < 4.78 is 0. The Labute approximate surface area is 95.8 Å². The topological polar surface area (TPSA) is 32.7 Å². The predicted octanol–water partition coefficient (Wildman–Crippen LogP) is 2.17. The van der Waals surface area contributed by atoms with Crippen LogP contribution in [0.5, 0.6) is 0 Å². The van der Waals surface area contributed by atoms with Crippen LogP contribution >= 0.6 is 0 Å². The van der Waals surface area contributed by atoms with Crippen molar-refractivity contribution in [1.29, 1.82) is 0 Å². The highest BCUT2D eigenvalue weighted by atomic mass is 16.1. The lowest BCUT2D eigenvalue weighted by Crippen LogP contribution is -2.19. The molecule has 1 aromatic rings. The van der Waals surface area contributed by atoms with Crippen LogP contribution in [0.3, 0.4) is 0 Å². The molecule has 1 aliphatic heterocycles. The second-order valence-corrected chi connectivity index (χ2v) is 4.05. The van der Waals surface area contributed by atoms with Crippen LogP contribution in [0, 0.1) is 0 Å². The molecular formula is C13H16N2O. The Morgan fingerprint density at radius 1 is 1.25 bits per heavy atom. The summed E-state index contributed by atoms with van der Waals surface area (Å²) in [5.41, 5.74) is 2.59. The van der Waals surface area contributed by atoms with Crippen molar-refractivity contribution < 1.29 is 4.79 Å². The monoisotopic (exact) mass is 216 g/mol. The molecule has 16 heavy (non-hydrogen) atoms. The molecule has 1 saturated heterocycles. The molecule has 0 unspecified atom stereocenters. The normalized spacial score (nSPS) is 14.9. The highest BCUT2D eigenvalue weighted by Crippen LogP contribution is 2.24. The summed E-state index contributed by atoms with van der Waals surface area (Å²) in [7, 11) is 0. The molecular weight excluding hydrogens is 200 g/mol. The van der Waals surface area contributed by atoms with Crippen LogP contribution in [0.25, 0.3) is 0 Å². The Kier molecular flexibility index (Phi) is 3.73. The average Bonchev–Trinajstić information content (AvgIpc) is 2.83. The summed E-state index contributed by atoms with van der Waals surface area (Å²) >= 11 is 0. The zero-order valence-electron chi connectivity index (χ0n) is 9.35. The second-order valence-electron chi connectivity index (χ2n) is 4.05. The standard InChI is InChI=1S/C13H16N2O/c16-11-14-8-7-12-5-1-2-6-13(12)15-9-3-4-10-15/h1-2,5-6H,3-4,7-10H2. The molecule has 0 N–H and O–H groups in total. The lowest BCUT2D eigenvalue weighted by Gasteiger charge is -2.20. The molecule has 3 heteroatoms. The van der Waals surface area contributed by atoms with Crippen LogP contribution in [-0.2, 0) is 11.2 Å². The third-order valence-corrected chi connectivity index (χ3v) is 3.00. The highest BCUT2D eigenvalue weighted by molar-refractivity contribution is 5.54. The summed E-state index contributed by atoms with van der Waals surface area (Å²) in [4.78, 5) is 16.1. The molecule has 0 amide bonds. The smallest absolute Gasteiger partial charge is 0.234 e. The zero-order valence-corrected chi connectivity index (χ0v) is 9.35. The van der Waals surface area contributed by atoms with Gasteiger partial charge in [-0.25, -0.2) is 9.79 Å². The molecule has 0 saturated carbocycles. The maximum atomic E-state index is 10.0. The van der Waals surface area contributed by atoms with Gasteiger partial charge in [-0.3, -0.25) is 0 Å². The number of aliphatic imine (C=N–C) groups is 1. The van der Waals surface area contributed by atoms with Gasteiger partial charge < -0.3 is 4.90 Å². The molecule has 0 aromatic heterocycles. The van der Waals surface area contributed by atoms with Gasteiger partial charge in [-0.1, -0.05) is 18.2 Å². The van der Waals surface area contributed by atoms with E-state index >= 15 is 0 Å². The van der Waals surface area contributed by atoms with Gasteiger partial charge in [0.25, 0.3) is 0 Å². The highest BCUT2D eigenvalue weighted by Gasteiger charge is 2.14. The summed E-state index contributed by atoms with van der Waals surface area (Å²) in [5.74, 6) is 0. The maximum Gasteiger partial charge on any atom is 0.234 e. The Morgan fingerprint density at radius 2 is 2.00 bits per heavy atom. The van der Waals surface area contributed by atoms with E-state index in [1.807, 2.05) is 6.07 Å². The molecule has 0 atom stereocenters. The van der Waals surface area contributed by atoms with Crippen molar-refractivity contribution in [2.24, 2.45) is 4.99 Å². The van der Waals surface area contributed by atoms with Crippen LogP contribution in [0.1, 0.15) is 18.4 Å². The van der Waals surface area contributed by atoms with Crippen molar-refractivity contribution >= 4 is 11.8 Å². The first-order valence-electron chi connectivity index (χ1n) is 5.78. The molecule has 0 spiro atoms. The van der Waals surface area contributed by atoms with Crippen molar-refractivity contribution in [1.82, 2.24) is 0 Å². The van der Waals surface area contributed by atoms with Crippen molar-refractivity contribution in [2.75, 3.05) is 24.5 Å². The third kappa shape index (κ3) is 2.50. The van der Waals surface area contributed by atoms with E-state index in [4.69, 9.17) is 0 Å². The van der Waals surface area contributed by atoms with Gasteiger partial charge in [-0.15, -0.1) is 0 Å². The van der Waals surface area contributed by atoms with Crippen molar-refractivity contribution in [3.63, 3.8) is 0 Å². The number of carbonyl (C=O) groups excluding carboxylic acids is 1. The molecule has 0 bridgehead atoms. The minimum absolute atomic E-state index is 0.536. The molecule has 2 rings (SSSR count). The van der Waals surface area contributed by atoms with E-state index in [2.05, 4.69) is 28.1 Å². The predicted molar refractivity (Wildman–Crippen MR) is 64.6 cm³/mol. The van der Waals surface area contributed by atoms with E-state index < -0.39 is 0 Å². The third-order valence-electron chi connectivity index (χ3n) is 3.00. The zero-order chi connectivity index (χ0) is 11.2. The van der Waals surface area contributed by atoms with Gasteiger partial charge in [0, 0.05) is 18.8 Å². The minimum atomic E-state index is 0.536. The van der Waals surface area contributed by atoms with Gasteiger partial charge in [0.1, 0.15) is 0 Å². The van der Waals surface area contributed by atoms with Crippen LogP contribution in [0.4, 0.5) is 5.69 Å². The molecule has 1 fully saturated rings. The van der Waals surface area contributed by atoms with Gasteiger partial charge in [0.05, 0.1) is 6.54 Å². The van der Waals surface area contributed by atoms with Gasteiger partial charge in [0.15, 0.2) is 0 Å².